The van der Waals surface area contributed by atoms with E-state index in [0.29, 0.717) is 11.4 Å². The van der Waals surface area contributed by atoms with Gasteiger partial charge in [-0.15, -0.1) is 0 Å². The predicted octanol–water partition coefficient (Wildman–Crippen LogP) is 2.87. The lowest BCUT2D eigenvalue weighted by Gasteiger charge is -2.07. The molecule has 0 aliphatic heterocycles. The minimum absolute atomic E-state index is 0.589. The summed E-state index contributed by atoms with van der Waals surface area (Å²) in [5.74, 6) is 0.795. The van der Waals surface area contributed by atoms with Crippen molar-refractivity contribution in [3.63, 3.8) is 0 Å². The van der Waals surface area contributed by atoms with Gasteiger partial charge in [0.25, 0.3) is 0 Å². The molecule has 2 nitrogen and oxygen atoms in total. The minimum atomic E-state index is 0.589. The van der Waals surface area contributed by atoms with Gasteiger partial charge in [-0.25, -0.2) is 0 Å². The Labute approximate surface area is 88.8 Å². The largest absolute Gasteiger partial charge is 0.496 e. The average molecular weight is 213 g/mol. The van der Waals surface area contributed by atoms with Crippen LogP contribution in [0.4, 0.5) is 0 Å². The van der Waals surface area contributed by atoms with Crippen LogP contribution in [0.1, 0.15) is 18.4 Å². The summed E-state index contributed by atoms with van der Waals surface area (Å²) in [5, 5.41) is 0.668. The molecule has 0 saturated carbocycles. The normalized spacial score (nSPS) is 9.86. The lowest BCUT2D eigenvalue weighted by Crippen LogP contribution is -1.92. The molecule has 14 heavy (non-hydrogen) atoms. The van der Waals surface area contributed by atoms with E-state index >= 15 is 0 Å². The number of aldehydes is 1. The molecule has 0 atom stereocenters. The number of carbonyl (C=O) groups is 1. The number of carbonyl (C=O) groups excluding carboxylic acids is 1. The molecule has 1 rings (SSSR count). The van der Waals surface area contributed by atoms with Crippen molar-refractivity contribution < 1.29 is 9.53 Å². The van der Waals surface area contributed by atoms with Crippen LogP contribution < -0.4 is 4.74 Å². The molecule has 0 spiro atoms. The standard InChI is InChI=1S/C11H13ClO2/c1-14-11-8-10(12)6-5-9(11)4-2-3-7-13/h5-8H,2-4H2,1H3. The summed E-state index contributed by atoms with van der Waals surface area (Å²) in [7, 11) is 1.62. The molecule has 0 aromatic heterocycles. The van der Waals surface area contributed by atoms with Gasteiger partial charge in [0.2, 0.25) is 0 Å². The first-order valence-corrected chi connectivity index (χ1v) is 4.91. The molecule has 0 amide bonds. The molecule has 1 aromatic rings. The third-order valence-electron chi connectivity index (χ3n) is 2.02. The van der Waals surface area contributed by atoms with Gasteiger partial charge in [0.05, 0.1) is 7.11 Å². The van der Waals surface area contributed by atoms with Gasteiger partial charge in [-0.1, -0.05) is 17.7 Å². The summed E-state index contributed by atoms with van der Waals surface area (Å²) >= 11 is 5.82. The number of halogens is 1. The average Bonchev–Trinajstić information content (AvgIpc) is 2.20. The van der Waals surface area contributed by atoms with Gasteiger partial charge >= 0.3 is 0 Å². The highest BCUT2D eigenvalue weighted by Gasteiger charge is 2.02. The van der Waals surface area contributed by atoms with Crippen LogP contribution >= 0.6 is 11.6 Å². The smallest absolute Gasteiger partial charge is 0.123 e. The van der Waals surface area contributed by atoms with Crippen LogP contribution in [0.5, 0.6) is 5.75 Å². The summed E-state index contributed by atoms with van der Waals surface area (Å²) < 4.78 is 5.18. The molecule has 0 bridgehead atoms. The van der Waals surface area contributed by atoms with Crippen LogP contribution in [0.15, 0.2) is 18.2 Å². The Balaban J connectivity index is 2.69. The fourth-order valence-electron chi connectivity index (χ4n) is 1.30. The van der Waals surface area contributed by atoms with Crippen molar-refractivity contribution in [2.75, 3.05) is 7.11 Å². The van der Waals surface area contributed by atoms with Gasteiger partial charge in [0, 0.05) is 11.4 Å². The summed E-state index contributed by atoms with van der Waals surface area (Å²) in [6.07, 6.45) is 3.22. The Hall–Kier alpha value is -1.02. The molecule has 0 radical (unpaired) electrons. The van der Waals surface area contributed by atoms with Gasteiger partial charge < -0.3 is 9.53 Å². The van der Waals surface area contributed by atoms with Crippen molar-refractivity contribution in [1.29, 1.82) is 0 Å². The fourth-order valence-corrected chi connectivity index (χ4v) is 1.46. The third-order valence-corrected chi connectivity index (χ3v) is 2.25. The number of aryl methyl sites for hydroxylation is 1. The molecular weight excluding hydrogens is 200 g/mol. The summed E-state index contributed by atoms with van der Waals surface area (Å²) in [6, 6.07) is 5.56. The lowest BCUT2D eigenvalue weighted by molar-refractivity contribution is -0.107. The maximum absolute atomic E-state index is 10.2. The second kappa shape index (κ2) is 5.66. The maximum Gasteiger partial charge on any atom is 0.123 e. The summed E-state index contributed by atoms with van der Waals surface area (Å²) in [6.45, 7) is 0. The van der Waals surface area contributed by atoms with Crippen LogP contribution in [0.25, 0.3) is 0 Å². The van der Waals surface area contributed by atoms with Gasteiger partial charge in [-0.05, 0) is 30.5 Å². The van der Waals surface area contributed by atoms with Crippen molar-refractivity contribution in [2.24, 2.45) is 0 Å². The van der Waals surface area contributed by atoms with Crippen molar-refractivity contribution >= 4 is 17.9 Å². The van der Waals surface area contributed by atoms with Crippen molar-refractivity contribution in [3.8, 4) is 5.75 Å². The highest BCUT2D eigenvalue weighted by atomic mass is 35.5. The van der Waals surface area contributed by atoms with Gasteiger partial charge in [0.15, 0.2) is 0 Å². The van der Waals surface area contributed by atoms with E-state index in [1.165, 1.54) is 0 Å². The summed E-state index contributed by atoms with van der Waals surface area (Å²) in [5.41, 5.74) is 1.10. The number of hydrogen-bond donors (Lipinski definition) is 0. The van der Waals surface area contributed by atoms with Gasteiger partial charge in [-0.3, -0.25) is 0 Å². The lowest BCUT2D eigenvalue weighted by atomic mass is 10.1. The van der Waals surface area contributed by atoms with E-state index in [2.05, 4.69) is 0 Å². The Morgan fingerprint density at radius 3 is 2.93 bits per heavy atom. The predicted molar refractivity (Wildman–Crippen MR) is 57.0 cm³/mol. The van der Waals surface area contributed by atoms with Crippen molar-refractivity contribution in [2.45, 2.75) is 19.3 Å². The molecular formula is C11H13ClO2. The topological polar surface area (TPSA) is 26.3 Å². The molecule has 0 saturated heterocycles. The van der Waals surface area contributed by atoms with Crippen molar-refractivity contribution in [3.05, 3.63) is 28.8 Å². The van der Waals surface area contributed by atoms with E-state index in [9.17, 15) is 4.79 Å². The third kappa shape index (κ3) is 3.04. The number of ether oxygens (including phenoxy) is 1. The Kier molecular flexibility index (Phi) is 4.47. The molecule has 0 unspecified atom stereocenters. The van der Waals surface area contributed by atoms with E-state index < -0.39 is 0 Å². The van der Waals surface area contributed by atoms with E-state index in [0.717, 1.165) is 30.4 Å². The van der Waals surface area contributed by atoms with Gasteiger partial charge in [0.1, 0.15) is 12.0 Å². The quantitative estimate of drug-likeness (QED) is 0.554. The highest BCUT2D eigenvalue weighted by Crippen LogP contribution is 2.24. The first-order chi connectivity index (χ1) is 6.77. The first-order valence-electron chi connectivity index (χ1n) is 4.54. The molecule has 0 fully saturated rings. The fraction of sp³-hybridized carbons (Fsp3) is 0.364. The molecule has 0 aliphatic rings. The van der Waals surface area contributed by atoms with E-state index in [4.69, 9.17) is 16.3 Å². The molecule has 1 aromatic carbocycles. The van der Waals surface area contributed by atoms with Crippen LogP contribution in [0, 0.1) is 0 Å². The minimum Gasteiger partial charge on any atom is -0.496 e. The van der Waals surface area contributed by atoms with Crippen molar-refractivity contribution in [1.82, 2.24) is 0 Å². The zero-order valence-corrected chi connectivity index (χ0v) is 8.88. The Morgan fingerprint density at radius 2 is 2.29 bits per heavy atom. The number of rotatable bonds is 5. The first kappa shape index (κ1) is 11.1. The molecule has 3 heteroatoms. The zero-order valence-electron chi connectivity index (χ0n) is 8.13. The van der Waals surface area contributed by atoms with E-state index in [1.807, 2.05) is 12.1 Å². The number of unbranched alkanes of at least 4 members (excludes halogenated alkanes) is 1. The molecule has 0 heterocycles. The number of hydrogen-bond acceptors (Lipinski definition) is 2. The van der Waals surface area contributed by atoms with Crippen LogP contribution in [-0.4, -0.2) is 13.4 Å². The highest BCUT2D eigenvalue weighted by molar-refractivity contribution is 6.30. The molecule has 0 N–H and O–H groups in total. The molecule has 76 valence electrons. The van der Waals surface area contributed by atoms with Gasteiger partial charge in [-0.2, -0.15) is 0 Å². The van der Waals surface area contributed by atoms with E-state index in [1.54, 1.807) is 13.2 Å². The second-order valence-corrected chi connectivity index (χ2v) is 3.45. The maximum atomic E-state index is 10.2. The monoisotopic (exact) mass is 212 g/mol. The second-order valence-electron chi connectivity index (χ2n) is 3.02. The summed E-state index contributed by atoms with van der Waals surface area (Å²) in [4.78, 5) is 10.2. The van der Waals surface area contributed by atoms with E-state index in [-0.39, 0.29) is 0 Å². The number of benzene rings is 1. The van der Waals surface area contributed by atoms with Crippen LogP contribution in [-0.2, 0) is 11.2 Å². The van der Waals surface area contributed by atoms with Crippen LogP contribution in [0.2, 0.25) is 5.02 Å². The SMILES string of the molecule is COc1cc(Cl)ccc1CCCC=O. The van der Waals surface area contributed by atoms with Crippen LogP contribution in [0.3, 0.4) is 0 Å². The number of methoxy groups -OCH3 is 1. The Morgan fingerprint density at radius 1 is 1.50 bits per heavy atom. The molecule has 0 aliphatic carbocycles. The zero-order chi connectivity index (χ0) is 10.4. The Bertz CT molecular complexity index is 310.